The number of amides is 1. The van der Waals surface area contributed by atoms with Gasteiger partial charge in [0.05, 0.1) is 20.9 Å². The largest absolute Gasteiger partial charge is 0.326 e. The quantitative estimate of drug-likeness (QED) is 0.577. The molecule has 1 N–H and O–H groups in total. The first-order chi connectivity index (χ1) is 11.3. The lowest BCUT2D eigenvalue weighted by Crippen LogP contribution is -2.25. The molecule has 0 heterocycles. The van der Waals surface area contributed by atoms with E-state index < -0.39 is 10.8 Å². The van der Waals surface area contributed by atoms with Crippen molar-refractivity contribution >= 4 is 40.5 Å². The van der Waals surface area contributed by atoms with Gasteiger partial charge in [-0.05, 0) is 29.7 Å². The fourth-order valence-corrected chi connectivity index (χ4v) is 2.73. The number of nitro benzene ring substituents is 1. The number of rotatable bonds is 5. The van der Waals surface area contributed by atoms with E-state index >= 15 is 0 Å². The Kier molecular flexibility index (Phi) is 5.80. The molecule has 2 aromatic carbocycles. The summed E-state index contributed by atoms with van der Waals surface area (Å²) in [5, 5.41) is 14.3. The highest BCUT2D eigenvalue weighted by Gasteiger charge is 2.25. The number of nitro groups is 1. The average Bonchev–Trinajstić information content (AvgIpc) is 2.51. The van der Waals surface area contributed by atoms with Gasteiger partial charge in [-0.15, -0.1) is 0 Å². The maximum absolute atomic E-state index is 12.6. The van der Waals surface area contributed by atoms with Crippen LogP contribution < -0.4 is 5.32 Å². The van der Waals surface area contributed by atoms with Crippen molar-refractivity contribution in [1.82, 2.24) is 0 Å². The zero-order valence-corrected chi connectivity index (χ0v) is 14.6. The molecule has 24 heavy (non-hydrogen) atoms. The van der Waals surface area contributed by atoms with Crippen LogP contribution >= 0.6 is 23.2 Å². The standard InChI is InChI=1S/C17H16Cl2N2O3/c1-10(2)16(11-3-6-13(7-4-11)21(23)24)17(22)20-12-5-8-14(18)15(19)9-12/h3-10,16H,1-2H3,(H,20,22). The fraction of sp³-hybridized carbons (Fsp3) is 0.235. The van der Waals surface area contributed by atoms with Gasteiger partial charge in [-0.2, -0.15) is 0 Å². The minimum Gasteiger partial charge on any atom is -0.326 e. The highest BCUT2D eigenvalue weighted by molar-refractivity contribution is 6.42. The number of non-ortho nitro benzene ring substituents is 1. The SMILES string of the molecule is CC(C)C(C(=O)Nc1ccc(Cl)c(Cl)c1)c1ccc([N+](=O)[O-])cc1. The number of carbonyl (C=O) groups excluding carboxylic acids is 1. The Balaban J connectivity index is 2.24. The van der Waals surface area contributed by atoms with Gasteiger partial charge in [0.1, 0.15) is 0 Å². The molecule has 5 nitrogen and oxygen atoms in total. The summed E-state index contributed by atoms with van der Waals surface area (Å²) in [7, 11) is 0. The van der Waals surface area contributed by atoms with Crippen LogP contribution in [0.2, 0.25) is 10.0 Å². The molecule has 0 saturated heterocycles. The lowest BCUT2D eigenvalue weighted by atomic mass is 9.87. The molecule has 7 heteroatoms. The average molecular weight is 367 g/mol. The first-order valence-electron chi connectivity index (χ1n) is 7.30. The van der Waals surface area contributed by atoms with Crippen molar-refractivity contribution < 1.29 is 9.72 Å². The summed E-state index contributed by atoms with van der Waals surface area (Å²) in [5.41, 5.74) is 1.25. The Labute approximate surface area is 149 Å². The zero-order valence-electron chi connectivity index (χ0n) is 13.1. The number of carbonyl (C=O) groups is 1. The molecule has 0 spiro atoms. The molecule has 0 aliphatic carbocycles. The van der Waals surface area contributed by atoms with Gasteiger partial charge in [0.2, 0.25) is 5.91 Å². The third-order valence-electron chi connectivity index (χ3n) is 3.60. The Morgan fingerprint density at radius 3 is 2.21 bits per heavy atom. The first kappa shape index (κ1) is 18.2. The van der Waals surface area contributed by atoms with Crippen LogP contribution in [-0.2, 0) is 4.79 Å². The lowest BCUT2D eigenvalue weighted by molar-refractivity contribution is -0.384. The van der Waals surface area contributed by atoms with E-state index in [1.165, 1.54) is 12.1 Å². The number of anilines is 1. The van der Waals surface area contributed by atoms with E-state index in [4.69, 9.17) is 23.2 Å². The van der Waals surface area contributed by atoms with Crippen molar-refractivity contribution in [1.29, 1.82) is 0 Å². The van der Waals surface area contributed by atoms with Gasteiger partial charge in [-0.25, -0.2) is 0 Å². The Hall–Kier alpha value is -2.11. The summed E-state index contributed by atoms with van der Waals surface area (Å²) in [6.45, 7) is 3.83. The molecule has 1 atom stereocenters. The summed E-state index contributed by atoms with van der Waals surface area (Å²) < 4.78 is 0. The van der Waals surface area contributed by atoms with Crippen LogP contribution in [0.4, 0.5) is 11.4 Å². The molecule has 0 radical (unpaired) electrons. The minimum absolute atomic E-state index is 0.00820. The molecule has 2 aromatic rings. The third kappa shape index (κ3) is 4.24. The third-order valence-corrected chi connectivity index (χ3v) is 4.34. The Morgan fingerprint density at radius 1 is 1.08 bits per heavy atom. The molecule has 2 rings (SSSR count). The maximum Gasteiger partial charge on any atom is 0.269 e. The predicted molar refractivity (Wildman–Crippen MR) is 95.8 cm³/mol. The fourth-order valence-electron chi connectivity index (χ4n) is 2.44. The highest BCUT2D eigenvalue weighted by atomic mass is 35.5. The number of nitrogens with one attached hydrogen (secondary N) is 1. The van der Waals surface area contributed by atoms with Crippen molar-refractivity contribution in [3.63, 3.8) is 0 Å². The van der Waals surface area contributed by atoms with E-state index in [0.717, 1.165) is 0 Å². The zero-order chi connectivity index (χ0) is 17.9. The van der Waals surface area contributed by atoms with E-state index in [0.29, 0.717) is 21.3 Å². The topological polar surface area (TPSA) is 72.2 Å². The number of halogens is 2. The molecule has 126 valence electrons. The molecule has 0 bridgehead atoms. The van der Waals surface area contributed by atoms with Crippen LogP contribution in [0.5, 0.6) is 0 Å². The molecule has 0 aliphatic heterocycles. The van der Waals surface area contributed by atoms with Crippen molar-refractivity contribution in [3.05, 3.63) is 68.2 Å². The van der Waals surface area contributed by atoms with Gasteiger partial charge in [-0.1, -0.05) is 49.2 Å². The molecule has 0 aliphatic rings. The van der Waals surface area contributed by atoms with Crippen LogP contribution in [0, 0.1) is 16.0 Å². The summed E-state index contributed by atoms with van der Waals surface area (Å²) in [5.74, 6) is -0.647. The number of benzene rings is 2. The lowest BCUT2D eigenvalue weighted by Gasteiger charge is -2.21. The summed E-state index contributed by atoms with van der Waals surface area (Å²) in [4.78, 5) is 22.9. The molecule has 1 amide bonds. The second-order valence-corrected chi connectivity index (χ2v) is 6.50. The smallest absolute Gasteiger partial charge is 0.269 e. The molecule has 0 fully saturated rings. The van der Waals surface area contributed by atoms with Crippen molar-refractivity contribution in [3.8, 4) is 0 Å². The summed E-state index contributed by atoms with van der Waals surface area (Å²) in [6, 6.07) is 10.9. The summed E-state index contributed by atoms with van der Waals surface area (Å²) in [6.07, 6.45) is 0. The number of hydrogen-bond donors (Lipinski definition) is 1. The van der Waals surface area contributed by atoms with Crippen molar-refractivity contribution in [2.24, 2.45) is 5.92 Å². The normalized spacial score (nSPS) is 12.0. The van der Waals surface area contributed by atoms with E-state index in [1.54, 1.807) is 30.3 Å². The van der Waals surface area contributed by atoms with Gasteiger partial charge in [-0.3, -0.25) is 14.9 Å². The second-order valence-electron chi connectivity index (χ2n) is 5.69. The second kappa shape index (κ2) is 7.64. The minimum atomic E-state index is -0.468. The van der Waals surface area contributed by atoms with Crippen LogP contribution in [0.3, 0.4) is 0 Å². The number of hydrogen-bond acceptors (Lipinski definition) is 3. The molecule has 0 aromatic heterocycles. The van der Waals surface area contributed by atoms with E-state index in [9.17, 15) is 14.9 Å². The van der Waals surface area contributed by atoms with Crippen LogP contribution in [0.25, 0.3) is 0 Å². The van der Waals surface area contributed by atoms with Gasteiger partial charge in [0.15, 0.2) is 0 Å². The van der Waals surface area contributed by atoms with Crippen molar-refractivity contribution in [2.45, 2.75) is 19.8 Å². The van der Waals surface area contributed by atoms with Gasteiger partial charge in [0, 0.05) is 17.8 Å². The van der Waals surface area contributed by atoms with E-state index in [2.05, 4.69) is 5.32 Å². The monoisotopic (exact) mass is 366 g/mol. The Bertz CT molecular complexity index is 761. The highest BCUT2D eigenvalue weighted by Crippen LogP contribution is 2.29. The van der Waals surface area contributed by atoms with Gasteiger partial charge < -0.3 is 5.32 Å². The van der Waals surface area contributed by atoms with E-state index in [-0.39, 0.29) is 17.5 Å². The molecule has 0 saturated carbocycles. The maximum atomic E-state index is 12.6. The van der Waals surface area contributed by atoms with Gasteiger partial charge in [0.25, 0.3) is 5.69 Å². The molecular formula is C17H16Cl2N2O3. The Morgan fingerprint density at radius 2 is 1.71 bits per heavy atom. The van der Waals surface area contributed by atoms with E-state index in [1.807, 2.05) is 13.8 Å². The molecule has 1 unspecified atom stereocenters. The predicted octanol–water partition coefficient (Wildman–Crippen LogP) is 5.28. The van der Waals surface area contributed by atoms with Crippen LogP contribution in [-0.4, -0.2) is 10.8 Å². The molecular weight excluding hydrogens is 351 g/mol. The first-order valence-corrected chi connectivity index (χ1v) is 8.05. The van der Waals surface area contributed by atoms with Crippen LogP contribution in [0.15, 0.2) is 42.5 Å². The summed E-state index contributed by atoms with van der Waals surface area (Å²) >= 11 is 11.8. The van der Waals surface area contributed by atoms with Crippen molar-refractivity contribution in [2.75, 3.05) is 5.32 Å². The number of nitrogens with zero attached hydrogens (tertiary/aromatic N) is 1. The van der Waals surface area contributed by atoms with Gasteiger partial charge >= 0.3 is 0 Å². The van der Waals surface area contributed by atoms with Crippen LogP contribution in [0.1, 0.15) is 25.3 Å².